The molecule has 3 heterocycles. The first-order chi connectivity index (χ1) is 13.6. The highest BCUT2D eigenvalue weighted by molar-refractivity contribution is 7.99. The van der Waals surface area contributed by atoms with E-state index in [1.807, 2.05) is 60.8 Å². The first-order valence-corrected chi connectivity index (χ1v) is 9.63. The minimum atomic E-state index is -0.0724. The van der Waals surface area contributed by atoms with Gasteiger partial charge in [-0.05, 0) is 38.1 Å². The van der Waals surface area contributed by atoms with Gasteiger partial charge in [0, 0.05) is 47.2 Å². The molecule has 0 radical (unpaired) electrons. The summed E-state index contributed by atoms with van der Waals surface area (Å²) in [6.07, 6.45) is 3.58. The van der Waals surface area contributed by atoms with Crippen molar-refractivity contribution in [3.05, 3.63) is 60.0 Å². The molecule has 28 heavy (non-hydrogen) atoms. The average Bonchev–Trinajstić information content (AvgIpc) is 3.31. The second kappa shape index (κ2) is 7.73. The van der Waals surface area contributed by atoms with Crippen LogP contribution in [-0.2, 0) is 0 Å². The lowest BCUT2D eigenvalue weighted by Crippen LogP contribution is -2.22. The van der Waals surface area contributed by atoms with E-state index in [0.717, 1.165) is 21.3 Å². The fraction of sp³-hybridized carbons (Fsp3) is 0.158. The number of aromatic nitrogens is 5. The second-order valence-corrected chi connectivity index (χ2v) is 7.21. The molecule has 0 aliphatic carbocycles. The van der Waals surface area contributed by atoms with E-state index in [1.165, 1.54) is 11.8 Å². The van der Waals surface area contributed by atoms with Crippen LogP contribution in [-0.4, -0.2) is 37.0 Å². The Morgan fingerprint density at radius 2 is 2.07 bits per heavy atom. The standard InChI is InChI=1S/C19H19N7OS/c1-3-20-18(27)13-4-6-14(7-5-13)28-17-11-16-21-8-9-26(16)19(23-17)22-15-10-12(2)24-25-15/h4-11H,3H2,1-2H3,(H,20,27)(H2,22,23,24,25). The van der Waals surface area contributed by atoms with E-state index in [-0.39, 0.29) is 5.91 Å². The number of nitrogens with one attached hydrogen (secondary N) is 3. The van der Waals surface area contributed by atoms with E-state index in [1.54, 1.807) is 6.20 Å². The molecule has 0 fully saturated rings. The lowest BCUT2D eigenvalue weighted by atomic mass is 10.2. The Bertz CT molecular complexity index is 1120. The number of carbonyl (C=O) groups is 1. The first kappa shape index (κ1) is 18.1. The zero-order valence-corrected chi connectivity index (χ0v) is 16.2. The summed E-state index contributed by atoms with van der Waals surface area (Å²) in [5.41, 5.74) is 2.38. The van der Waals surface area contributed by atoms with Gasteiger partial charge in [-0.3, -0.25) is 14.3 Å². The Labute approximate surface area is 165 Å². The molecule has 0 spiro atoms. The van der Waals surface area contributed by atoms with Crippen LogP contribution in [0.4, 0.5) is 11.8 Å². The highest BCUT2D eigenvalue weighted by atomic mass is 32.2. The molecule has 4 rings (SSSR count). The molecule has 0 atom stereocenters. The van der Waals surface area contributed by atoms with Gasteiger partial charge in [-0.2, -0.15) is 5.10 Å². The van der Waals surface area contributed by atoms with Gasteiger partial charge < -0.3 is 10.6 Å². The van der Waals surface area contributed by atoms with E-state index in [4.69, 9.17) is 4.98 Å². The van der Waals surface area contributed by atoms with Crippen LogP contribution < -0.4 is 10.6 Å². The fourth-order valence-corrected chi connectivity index (χ4v) is 3.51. The van der Waals surface area contributed by atoms with Crippen molar-refractivity contribution in [3.63, 3.8) is 0 Å². The molecular weight excluding hydrogens is 374 g/mol. The molecule has 142 valence electrons. The topological polar surface area (TPSA) is 100 Å². The molecule has 1 amide bonds. The van der Waals surface area contributed by atoms with Crippen LogP contribution >= 0.6 is 11.8 Å². The van der Waals surface area contributed by atoms with Crippen molar-refractivity contribution in [1.29, 1.82) is 0 Å². The number of fused-ring (bicyclic) bond motifs is 1. The number of hydrogen-bond acceptors (Lipinski definition) is 6. The van der Waals surface area contributed by atoms with Crippen LogP contribution in [0, 0.1) is 6.92 Å². The van der Waals surface area contributed by atoms with Crippen molar-refractivity contribution in [2.75, 3.05) is 11.9 Å². The van der Waals surface area contributed by atoms with Crippen molar-refractivity contribution in [2.24, 2.45) is 0 Å². The van der Waals surface area contributed by atoms with Gasteiger partial charge in [0.25, 0.3) is 5.91 Å². The largest absolute Gasteiger partial charge is 0.352 e. The number of benzene rings is 1. The summed E-state index contributed by atoms with van der Waals surface area (Å²) in [5, 5.41) is 13.9. The van der Waals surface area contributed by atoms with Crippen molar-refractivity contribution < 1.29 is 4.79 Å². The van der Waals surface area contributed by atoms with Crippen LogP contribution in [0.1, 0.15) is 23.0 Å². The molecule has 3 aromatic heterocycles. The molecule has 0 unspecified atom stereocenters. The van der Waals surface area contributed by atoms with Gasteiger partial charge in [-0.1, -0.05) is 11.8 Å². The smallest absolute Gasteiger partial charge is 0.251 e. The third kappa shape index (κ3) is 3.84. The number of carbonyl (C=O) groups excluding carboxylic acids is 1. The molecule has 0 bridgehead atoms. The lowest BCUT2D eigenvalue weighted by molar-refractivity contribution is 0.0956. The zero-order valence-electron chi connectivity index (χ0n) is 15.4. The monoisotopic (exact) mass is 393 g/mol. The molecule has 0 aliphatic rings. The van der Waals surface area contributed by atoms with Crippen LogP contribution in [0.3, 0.4) is 0 Å². The number of imidazole rings is 1. The predicted molar refractivity (Wildman–Crippen MR) is 108 cm³/mol. The highest BCUT2D eigenvalue weighted by Crippen LogP contribution is 2.29. The molecule has 9 heteroatoms. The van der Waals surface area contributed by atoms with E-state index in [9.17, 15) is 4.79 Å². The number of aryl methyl sites for hydroxylation is 1. The third-order valence-electron chi connectivity index (χ3n) is 3.99. The summed E-state index contributed by atoms with van der Waals surface area (Å²) in [7, 11) is 0. The molecule has 0 saturated carbocycles. The Morgan fingerprint density at radius 3 is 2.79 bits per heavy atom. The van der Waals surface area contributed by atoms with Gasteiger partial charge in [0.05, 0.1) is 0 Å². The second-order valence-electron chi connectivity index (χ2n) is 6.12. The van der Waals surface area contributed by atoms with E-state index in [0.29, 0.717) is 23.9 Å². The van der Waals surface area contributed by atoms with Crippen LogP contribution in [0.5, 0.6) is 0 Å². The zero-order chi connectivity index (χ0) is 19.5. The molecule has 4 aromatic rings. The van der Waals surface area contributed by atoms with E-state index < -0.39 is 0 Å². The number of H-pyrrole nitrogens is 1. The first-order valence-electron chi connectivity index (χ1n) is 8.81. The average molecular weight is 393 g/mol. The van der Waals surface area contributed by atoms with Crippen molar-refractivity contribution >= 4 is 35.1 Å². The van der Waals surface area contributed by atoms with Crippen molar-refractivity contribution in [3.8, 4) is 0 Å². The minimum absolute atomic E-state index is 0.0724. The number of anilines is 2. The van der Waals surface area contributed by atoms with Crippen molar-refractivity contribution in [1.82, 2.24) is 29.9 Å². The quantitative estimate of drug-likeness (QED) is 0.434. The number of amides is 1. The Kier molecular flexibility index (Phi) is 4.98. The van der Waals surface area contributed by atoms with Crippen LogP contribution in [0.25, 0.3) is 5.65 Å². The van der Waals surface area contributed by atoms with Gasteiger partial charge in [-0.15, -0.1) is 0 Å². The summed E-state index contributed by atoms with van der Waals surface area (Å²) >= 11 is 1.51. The maximum Gasteiger partial charge on any atom is 0.251 e. The summed E-state index contributed by atoms with van der Waals surface area (Å²) in [6.45, 7) is 4.44. The highest BCUT2D eigenvalue weighted by Gasteiger charge is 2.10. The summed E-state index contributed by atoms with van der Waals surface area (Å²) in [5.74, 6) is 1.24. The third-order valence-corrected chi connectivity index (χ3v) is 4.91. The Hall–Kier alpha value is -3.33. The number of hydrogen-bond donors (Lipinski definition) is 3. The summed E-state index contributed by atoms with van der Waals surface area (Å²) in [4.78, 5) is 22.0. The fourth-order valence-electron chi connectivity index (χ4n) is 2.70. The van der Waals surface area contributed by atoms with E-state index in [2.05, 4.69) is 25.8 Å². The molecule has 0 aliphatic heterocycles. The van der Waals surface area contributed by atoms with Crippen molar-refractivity contribution in [2.45, 2.75) is 23.8 Å². The Balaban J connectivity index is 1.59. The normalized spacial score (nSPS) is 10.9. The maximum atomic E-state index is 11.9. The minimum Gasteiger partial charge on any atom is -0.352 e. The molecule has 8 nitrogen and oxygen atoms in total. The maximum absolute atomic E-state index is 11.9. The summed E-state index contributed by atoms with van der Waals surface area (Å²) in [6, 6.07) is 11.3. The van der Waals surface area contributed by atoms with Gasteiger partial charge in [0.1, 0.15) is 10.7 Å². The molecule has 1 aromatic carbocycles. The number of rotatable bonds is 6. The molecule has 0 saturated heterocycles. The van der Waals surface area contributed by atoms with E-state index >= 15 is 0 Å². The summed E-state index contributed by atoms with van der Waals surface area (Å²) < 4.78 is 1.87. The predicted octanol–water partition coefficient (Wildman–Crippen LogP) is 3.41. The molecule has 3 N–H and O–H groups in total. The lowest BCUT2D eigenvalue weighted by Gasteiger charge is -2.09. The number of aromatic amines is 1. The van der Waals surface area contributed by atoms with Gasteiger partial charge in [-0.25, -0.2) is 9.97 Å². The van der Waals surface area contributed by atoms with Gasteiger partial charge in [0.2, 0.25) is 5.95 Å². The SMILES string of the molecule is CCNC(=O)c1ccc(Sc2cc3nccn3c(Nc3cc(C)[nH]n3)n2)cc1. The van der Waals surface area contributed by atoms with Gasteiger partial charge in [0.15, 0.2) is 5.82 Å². The number of nitrogens with zero attached hydrogens (tertiary/aromatic N) is 4. The van der Waals surface area contributed by atoms with Crippen LogP contribution in [0.15, 0.2) is 58.7 Å². The molecular formula is C19H19N7OS. The van der Waals surface area contributed by atoms with Crippen LogP contribution in [0.2, 0.25) is 0 Å². The van der Waals surface area contributed by atoms with Gasteiger partial charge >= 0.3 is 0 Å². The Morgan fingerprint density at radius 1 is 1.25 bits per heavy atom.